The molecular formula is C28H31F4N3O3S. The van der Waals surface area contributed by atoms with Crippen LogP contribution in [-0.2, 0) is 11.3 Å². The van der Waals surface area contributed by atoms with Gasteiger partial charge in [-0.2, -0.15) is 0 Å². The standard InChI is InChI=1S/C28H31F4N3O3S/c1-38-19-2-3-24-20(14-19)25(17(15-33)16-34-24)21(30)4-5-28(27(36)37)6-8-35(9-7-28)10-11-39-26-22(31)12-18(29)13-23(26)32/h2-3,12-14,16,21H,4-11,15,33H2,1H3,(H,36,37). The van der Waals surface area contributed by atoms with Crippen LogP contribution in [0.3, 0.4) is 0 Å². The Labute approximate surface area is 228 Å². The van der Waals surface area contributed by atoms with Crippen molar-refractivity contribution in [2.75, 3.05) is 32.5 Å². The number of thioether (sulfide) groups is 1. The zero-order chi connectivity index (χ0) is 28.2. The molecule has 3 aromatic rings. The Morgan fingerprint density at radius 3 is 2.51 bits per heavy atom. The third kappa shape index (κ3) is 6.47. The zero-order valence-corrected chi connectivity index (χ0v) is 22.4. The number of benzene rings is 2. The van der Waals surface area contributed by atoms with Crippen LogP contribution in [0.1, 0.15) is 43.0 Å². The van der Waals surface area contributed by atoms with Gasteiger partial charge in [-0.15, -0.1) is 11.8 Å². The molecule has 0 aliphatic carbocycles. The zero-order valence-electron chi connectivity index (χ0n) is 21.6. The largest absolute Gasteiger partial charge is 0.497 e. The fourth-order valence-corrected chi connectivity index (χ4v) is 6.11. The lowest BCUT2D eigenvalue weighted by Crippen LogP contribution is -2.45. The minimum Gasteiger partial charge on any atom is -0.497 e. The molecule has 11 heteroatoms. The van der Waals surface area contributed by atoms with Gasteiger partial charge in [0.15, 0.2) is 0 Å². The van der Waals surface area contributed by atoms with E-state index in [1.54, 1.807) is 24.4 Å². The number of aliphatic carboxylic acids is 1. The van der Waals surface area contributed by atoms with E-state index in [0.29, 0.717) is 78.1 Å². The molecule has 4 rings (SSSR count). The summed E-state index contributed by atoms with van der Waals surface area (Å²) in [6.07, 6.45) is 0.933. The first-order chi connectivity index (χ1) is 18.7. The predicted molar refractivity (Wildman–Crippen MR) is 142 cm³/mol. The lowest BCUT2D eigenvalue weighted by Gasteiger charge is -2.39. The molecular weight excluding hydrogens is 534 g/mol. The first-order valence-electron chi connectivity index (χ1n) is 12.7. The number of methoxy groups -OCH3 is 1. The number of nitrogens with zero attached hydrogens (tertiary/aromatic N) is 2. The first kappa shape index (κ1) is 29.1. The molecule has 1 aliphatic rings. The summed E-state index contributed by atoms with van der Waals surface area (Å²) in [6.45, 7) is 1.50. The summed E-state index contributed by atoms with van der Waals surface area (Å²) in [5, 5.41) is 10.7. The molecule has 0 amide bonds. The first-order valence-corrected chi connectivity index (χ1v) is 13.7. The average molecular weight is 566 g/mol. The van der Waals surface area contributed by atoms with Gasteiger partial charge in [0.05, 0.1) is 22.9 Å². The van der Waals surface area contributed by atoms with E-state index in [1.807, 2.05) is 4.90 Å². The molecule has 0 saturated carbocycles. The van der Waals surface area contributed by atoms with E-state index < -0.39 is 35.0 Å². The van der Waals surface area contributed by atoms with E-state index in [9.17, 15) is 23.1 Å². The van der Waals surface area contributed by atoms with Crippen LogP contribution < -0.4 is 10.5 Å². The van der Waals surface area contributed by atoms with Gasteiger partial charge in [0.2, 0.25) is 0 Å². The lowest BCUT2D eigenvalue weighted by molar-refractivity contribution is -0.153. The molecule has 1 unspecified atom stereocenters. The number of ether oxygens (including phenoxy) is 1. The topological polar surface area (TPSA) is 88.7 Å². The summed E-state index contributed by atoms with van der Waals surface area (Å²) < 4.78 is 62.0. The predicted octanol–water partition coefficient (Wildman–Crippen LogP) is 5.87. The smallest absolute Gasteiger partial charge is 0.309 e. The lowest BCUT2D eigenvalue weighted by atomic mass is 9.74. The summed E-state index contributed by atoms with van der Waals surface area (Å²) in [4.78, 5) is 18.5. The van der Waals surface area contributed by atoms with Gasteiger partial charge in [-0.1, -0.05) is 0 Å². The quantitative estimate of drug-likeness (QED) is 0.222. The van der Waals surface area contributed by atoms with Gasteiger partial charge in [0.1, 0.15) is 29.4 Å². The Morgan fingerprint density at radius 2 is 1.90 bits per heavy atom. The molecule has 39 heavy (non-hydrogen) atoms. The van der Waals surface area contributed by atoms with Gasteiger partial charge in [-0.3, -0.25) is 9.78 Å². The van der Waals surface area contributed by atoms with Gasteiger partial charge >= 0.3 is 5.97 Å². The molecule has 1 fully saturated rings. The van der Waals surface area contributed by atoms with Gasteiger partial charge in [-0.05, 0) is 62.5 Å². The van der Waals surface area contributed by atoms with Crippen LogP contribution in [0.4, 0.5) is 17.6 Å². The molecule has 3 N–H and O–H groups in total. The van der Waals surface area contributed by atoms with Gasteiger partial charge in [0.25, 0.3) is 0 Å². The Hall–Kier alpha value is -2.89. The summed E-state index contributed by atoms with van der Waals surface area (Å²) in [6, 6.07) is 6.50. The van der Waals surface area contributed by atoms with Gasteiger partial charge < -0.3 is 20.5 Å². The fraction of sp³-hybridized carbons (Fsp3) is 0.429. The molecule has 1 saturated heterocycles. The average Bonchev–Trinajstić information content (AvgIpc) is 2.92. The van der Waals surface area contributed by atoms with Crippen molar-refractivity contribution in [1.29, 1.82) is 0 Å². The van der Waals surface area contributed by atoms with Crippen LogP contribution in [0.2, 0.25) is 0 Å². The highest BCUT2D eigenvalue weighted by Crippen LogP contribution is 2.41. The number of hydrogen-bond acceptors (Lipinski definition) is 6. The maximum Gasteiger partial charge on any atom is 0.309 e. The molecule has 6 nitrogen and oxygen atoms in total. The number of halogens is 4. The van der Waals surface area contributed by atoms with E-state index in [0.717, 1.165) is 11.8 Å². The van der Waals surface area contributed by atoms with Crippen LogP contribution in [0, 0.1) is 22.9 Å². The van der Waals surface area contributed by atoms with Crippen LogP contribution in [-0.4, -0.2) is 53.5 Å². The summed E-state index contributed by atoms with van der Waals surface area (Å²) in [5.74, 6) is -2.90. The van der Waals surface area contributed by atoms with Crippen molar-refractivity contribution in [1.82, 2.24) is 9.88 Å². The highest BCUT2D eigenvalue weighted by atomic mass is 32.2. The Bertz CT molecular complexity index is 1310. The number of carboxylic acid groups (broad SMARTS) is 1. The van der Waals surface area contributed by atoms with Crippen molar-refractivity contribution >= 4 is 28.6 Å². The van der Waals surface area contributed by atoms with Crippen molar-refractivity contribution in [3.63, 3.8) is 0 Å². The Kier molecular flexibility index (Phi) is 9.35. The molecule has 0 radical (unpaired) electrons. The highest BCUT2D eigenvalue weighted by molar-refractivity contribution is 7.99. The van der Waals surface area contributed by atoms with Crippen LogP contribution in [0.5, 0.6) is 5.75 Å². The number of likely N-dealkylation sites (tertiary alicyclic amines) is 1. The number of alkyl halides is 1. The van der Waals surface area contributed by atoms with Gasteiger partial charge in [-0.25, -0.2) is 17.6 Å². The van der Waals surface area contributed by atoms with Crippen LogP contribution in [0.25, 0.3) is 10.9 Å². The summed E-state index contributed by atoms with van der Waals surface area (Å²) in [5.41, 5.74) is 6.38. The molecule has 0 bridgehead atoms. The van der Waals surface area contributed by atoms with Crippen molar-refractivity contribution in [2.45, 2.75) is 43.3 Å². The number of nitrogens with two attached hydrogens (primary N) is 1. The molecule has 1 atom stereocenters. The Morgan fingerprint density at radius 1 is 1.21 bits per heavy atom. The SMILES string of the molecule is COc1ccc2ncc(CN)c(C(F)CCC3(C(=O)O)CCN(CCSc4c(F)cc(F)cc4F)CC3)c2c1. The minimum atomic E-state index is -1.44. The monoisotopic (exact) mass is 565 g/mol. The number of fused-ring (bicyclic) bond motifs is 1. The number of piperidine rings is 1. The van der Waals surface area contributed by atoms with Crippen molar-refractivity contribution in [3.05, 3.63) is 65.1 Å². The van der Waals surface area contributed by atoms with Crippen LogP contribution >= 0.6 is 11.8 Å². The number of aromatic nitrogens is 1. The molecule has 2 aromatic carbocycles. The number of carbonyl (C=O) groups is 1. The second-order valence-electron chi connectivity index (χ2n) is 9.76. The number of carboxylic acids is 1. The van der Waals surface area contributed by atoms with Crippen LogP contribution in [0.15, 0.2) is 41.4 Å². The second kappa shape index (κ2) is 12.5. The minimum absolute atomic E-state index is 0.00853. The third-order valence-electron chi connectivity index (χ3n) is 7.49. The van der Waals surface area contributed by atoms with E-state index >= 15 is 4.39 Å². The number of hydrogen-bond donors (Lipinski definition) is 2. The summed E-state index contributed by atoms with van der Waals surface area (Å²) in [7, 11) is 1.52. The van der Waals surface area contributed by atoms with Crippen molar-refractivity contribution < 1.29 is 32.2 Å². The molecule has 2 heterocycles. The second-order valence-corrected chi connectivity index (χ2v) is 10.9. The molecule has 1 aromatic heterocycles. The highest BCUT2D eigenvalue weighted by Gasteiger charge is 2.41. The fourth-order valence-electron chi connectivity index (χ4n) is 5.16. The van der Waals surface area contributed by atoms with Gasteiger partial charge in [0, 0.05) is 48.1 Å². The van der Waals surface area contributed by atoms with E-state index in [2.05, 4.69) is 4.98 Å². The maximum absolute atomic E-state index is 15.8. The van der Waals surface area contributed by atoms with Crippen molar-refractivity contribution in [3.8, 4) is 5.75 Å². The van der Waals surface area contributed by atoms with E-state index in [1.165, 1.54) is 7.11 Å². The number of rotatable bonds is 11. The molecule has 1 aliphatic heterocycles. The van der Waals surface area contributed by atoms with Crippen molar-refractivity contribution in [2.24, 2.45) is 11.1 Å². The summed E-state index contributed by atoms with van der Waals surface area (Å²) >= 11 is 0.952. The number of pyridine rings is 1. The Balaban J connectivity index is 1.39. The normalized spacial score (nSPS) is 16.4. The molecule has 0 spiro atoms. The molecule has 210 valence electrons. The maximum atomic E-state index is 15.8. The van der Waals surface area contributed by atoms with E-state index in [4.69, 9.17) is 10.5 Å². The third-order valence-corrected chi connectivity index (χ3v) is 8.56. The van der Waals surface area contributed by atoms with E-state index in [-0.39, 0.29) is 24.3 Å².